The minimum Gasteiger partial charge on any atom is -0.497 e. The molecule has 4 rings (SSSR count). The average Bonchev–Trinajstić information content (AvgIpc) is 2.96. The first-order valence-electron chi connectivity index (χ1n) is 12.7. The fourth-order valence-electron chi connectivity index (χ4n) is 5.29. The smallest absolute Gasteiger partial charge is 0.253 e. The van der Waals surface area contributed by atoms with Crippen LogP contribution in [0.25, 0.3) is 0 Å². The lowest BCUT2D eigenvalue weighted by molar-refractivity contribution is 0.0798. The lowest BCUT2D eigenvalue weighted by atomic mass is 9.69. The van der Waals surface area contributed by atoms with Crippen molar-refractivity contribution in [1.29, 1.82) is 5.26 Å². The molecule has 1 fully saturated rings. The summed E-state index contributed by atoms with van der Waals surface area (Å²) in [6.07, 6.45) is 2.47. The van der Waals surface area contributed by atoms with Crippen molar-refractivity contribution < 1.29 is 14.3 Å². The number of hydrogen-bond acceptors (Lipinski definition) is 5. The Morgan fingerprint density at radius 1 is 0.946 bits per heavy atom. The lowest BCUT2D eigenvalue weighted by Gasteiger charge is -2.44. The predicted octanol–water partition coefficient (Wildman–Crippen LogP) is 5.27. The summed E-state index contributed by atoms with van der Waals surface area (Å²) >= 11 is 0. The van der Waals surface area contributed by atoms with Crippen LogP contribution in [0.1, 0.15) is 46.3 Å². The third kappa shape index (κ3) is 5.95. The van der Waals surface area contributed by atoms with Crippen molar-refractivity contribution in [1.82, 2.24) is 9.80 Å². The number of amides is 1. The largest absolute Gasteiger partial charge is 0.497 e. The highest BCUT2D eigenvalue weighted by Gasteiger charge is 2.38. The van der Waals surface area contributed by atoms with Crippen molar-refractivity contribution in [2.45, 2.75) is 31.2 Å². The monoisotopic (exact) mass is 497 g/mol. The molecular formula is C31H35N3O3. The molecule has 0 unspecified atom stereocenters. The molecule has 0 bridgehead atoms. The molecular weight excluding hydrogens is 462 g/mol. The minimum atomic E-state index is -0.143. The van der Waals surface area contributed by atoms with Gasteiger partial charge in [-0.3, -0.25) is 9.69 Å². The normalized spacial score (nSPS) is 15.0. The van der Waals surface area contributed by atoms with E-state index < -0.39 is 0 Å². The van der Waals surface area contributed by atoms with Gasteiger partial charge >= 0.3 is 0 Å². The van der Waals surface area contributed by atoms with Crippen LogP contribution in [0.5, 0.6) is 11.5 Å². The third-order valence-corrected chi connectivity index (χ3v) is 7.37. The number of rotatable bonds is 9. The molecule has 3 aromatic carbocycles. The molecule has 1 aliphatic heterocycles. The first-order chi connectivity index (χ1) is 18.0. The van der Waals surface area contributed by atoms with E-state index in [2.05, 4.69) is 35.2 Å². The van der Waals surface area contributed by atoms with Crippen molar-refractivity contribution >= 4 is 5.91 Å². The molecule has 0 atom stereocenters. The molecule has 6 heteroatoms. The second-order valence-corrected chi connectivity index (χ2v) is 9.69. The summed E-state index contributed by atoms with van der Waals surface area (Å²) in [7, 11) is 5.12. The van der Waals surface area contributed by atoms with Gasteiger partial charge in [-0.2, -0.15) is 5.26 Å². The van der Waals surface area contributed by atoms with E-state index >= 15 is 0 Å². The van der Waals surface area contributed by atoms with Crippen LogP contribution < -0.4 is 9.47 Å². The number of carbonyl (C=O) groups excluding carboxylic acids is 1. The van der Waals surface area contributed by atoms with Gasteiger partial charge in [0.25, 0.3) is 5.91 Å². The SMILES string of the molecule is COc1ccc(C2(c3ccc(OC)cc3)CCCN(Cc3ccc(C(=O)N(C)CCC#N)cc3)C2)cc1. The molecule has 0 spiro atoms. The Bertz CT molecular complexity index is 1170. The summed E-state index contributed by atoms with van der Waals surface area (Å²) in [6.45, 7) is 3.16. The summed E-state index contributed by atoms with van der Waals surface area (Å²) in [6, 6.07) is 26.9. The lowest BCUT2D eigenvalue weighted by Crippen LogP contribution is -2.46. The van der Waals surface area contributed by atoms with Crippen LogP contribution in [0.3, 0.4) is 0 Å². The number of nitrogens with zero attached hydrogens (tertiary/aromatic N) is 3. The van der Waals surface area contributed by atoms with E-state index in [4.69, 9.17) is 14.7 Å². The van der Waals surface area contributed by atoms with Crippen molar-refractivity contribution in [2.75, 3.05) is 40.9 Å². The molecule has 6 nitrogen and oxygen atoms in total. The molecule has 1 aliphatic rings. The number of ether oxygens (including phenoxy) is 2. The molecule has 0 aromatic heterocycles. The predicted molar refractivity (Wildman–Crippen MR) is 145 cm³/mol. The molecule has 0 aliphatic carbocycles. The molecule has 37 heavy (non-hydrogen) atoms. The molecule has 3 aromatic rings. The van der Waals surface area contributed by atoms with Gasteiger partial charge in [0.2, 0.25) is 0 Å². The fraction of sp³-hybridized carbons (Fsp3) is 0.355. The van der Waals surface area contributed by atoms with Gasteiger partial charge in [-0.1, -0.05) is 36.4 Å². The number of piperidine rings is 1. The zero-order chi connectivity index (χ0) is 26.3. The van der Waals surface area contributed by atoms with Crippen LogP contribution in [-0.2, 0) is 12.0 Å². The quantitative estimate of drug-likeness (QED) is 0.403. The first-order valence-corrected chi connectivity index (χ1v) is 12.7. The number of likely N-dealkylation sites (tertiary alicyclic amines) is 1. The molecule has 192 valence electrons. The molecule has 1 amide bonds. The van der Waals surface area contributed by atoms with Crippen molar-refractivity contribution in [3.8, 4) is 17.6 Å². The number of nitriles is 1. The van der Waals surface area contributed by atoms with Crippen LogP contribution in [0.4, 0.5) is 0 Å². The maximum absolute atomic E-state index is 12.6. The molecule has 0 N–H and O–H groups in total. The van der Waals surface area contributed by atoms with Gasteiger partial charge in [-0.15, -0.1) is 0 Å². The first kappa shape index (κ1) is 26.2. The van der Waals surface area contributed by atoms with E-state index in [1.807, 2.05) is 48.5 Å². The second-order valence-electron chi connectivity index (χ2n) is 9.69. The van der Waals surface area contributed by atoms with Crippen molar-refractivity contribution in [3.63, 3.8) is 0 Å². The van der Waals surface area contributed by atoms with E-state index in [0.29, 0.717) is 18.5 Å². The molecule has 1 heterocycles. The topological polar surface area (TPSA) is 65.8 Å². The fourth-order valence-corrected chi connectivity index (χ4v) is 5.29. The number of carbonyl (C=O) groups is 1. The van der Waals surface area contributed by atoms with E-state index in [9.17, 15) is 4.79 Å². The number of methoxy groups -OCH3 is 2. The summed E-state index contributed by atoms with van der Waals surface area (Å²) < 4.78 is 10.8. The zero-order valence-electron chi connectivity index (χ0n) is 21.9. The van der Waals surface area contributed by atoms with Gasteiger partial charge in [-0.25, -0.2) is 0 Å². The van der Waals surface area contributed by atoms with Gasteiger partial charge in [0.15, 0.2) is 0 Å². The van der Waals surface area contributed by atoms with E-state index in [-0.39, 0.29) is 11.3 Å². The summed E-state index contributed by atoms with van der Waals surface area (Å²) in [5.41, 5.74) is 4.25. The van der Waals surface area contributed by atoms with Crippen LogP contribution in [0.15, 0.2) is 72.8 Å². The third-order valence-electron chi connectivity index (χ3n) is 7.37. The highest BCUT2D eigenvalue weighted by atomic mass is 16.5. The van der Waals surface area contributed by atoms with Crippen LogP contribution >= 0.6 is 0 Å². The van der Waals surface area contributed by atoms with Crippen LogP contribution in [0, 0.1) is 11.3 Å². The Hall–Kier alpha value is -3.82. The van der Waals surface area contributed by atoms with E-state index in [1.165, 1.54) is 16.7 Å². The van der Waals surface area contributed by atoms with Crippen LogP contribution in [-0.4, -0.2) is 56.6 Å². The maximum Gasteiger partial charge on any atom is 0.253 e. The standard InChI is InChI=1S/C31H35N3O3/c1-33(20-5-19-32)30(35)25-8-6-24(7-9-25)22-34-21-4-18-31(23-34,26-10-14-28(36-2)15-11-26)27-12-16-29(37-3)17-13-27/h6-17H,4-5,18,20-23H2,1-3H3. The average molecular weight is 498 g/mol. The van der Waals surface area contributed by atoms with Gasteiger partial charge in [0.05, 0.1) is 26.7 Å². The Kier molecular flexibility index (Phi) is 8.47. The highest BCUT2D eigenvalue weighted by Crippen LogP contribution is 2.41. The Labute approximate surface area is 220 Å². The van der Waals surface area contributed by atoms with Crippen LogP contribution in [0.2, 0.25) is 0 Å². The highest BCUT2D eigenvalue weighted by molar-refractivity contribution is 5.94. The van der Waals surface area contributed by atoms with Crippen molar-refractivity contribution in [3.05, 3.63) is 95.1 Å². The van der Waals surface area contributed by atoms with Gasteiger partial charge in [-0.05, 0) is 72.5 Å². The summed E-state index contributed by atoms with van der Waals surface area (Å²) in [5.74, 6) is 1.65. The number of benzene rings is 3. The molecule has 1 saturated heterocycles. The van der Waals surface area contributed by atoms with E-state index in [1.54, 1.807) is 26.2 Å². The van der Waals surface area contributed by atoms with Gasteiger partial charge < -0.3 is 14.4 Å². The summed E-state index contributed by atoms with van der Waals surface area (Å²) in [4.78, 5) is 16.7. The van der Waals surface area contributed by atoms with Crippen molar-refractivity contribution in [2.24, 2.45) is 0 Å². The zero-order valence-corrected chi connectivity index (χ0v) is 21.9. The number of hydrogen-bond donors (Lipinski definition) is 0. The van der Waals surface area contributed by atoms with Gasteiger partial charge in [0, 0.05) is 37.7 Å². The maximum atomic E-state index is 12.6. The Morgan fingerprint density at radius 2 is 1.51 bits per heavy atom. The molecule has 0 radical (unpaired) electrons. The Balaban J connectivity index is 1.56. The summed E-state index contributed by atoms with van der Waals surface area (Å²) in [5, 5.41) is 8.79. The molecule has 0 saturated carbocycles. The second kappa shape index (κ2) is 11.9. The van der Waals surface area contributed by atoms with E-state index in [0.717, 1.165) is 44.0 Å². The minimum absolute atomic E-state index is 0.0576. The van der Waals surface area contributed by atoms with Gasteiger partial charge in [0.1, 0.15) is 11.5 Å². The Morgan fingerprint density at radius 3 is 2.03 bits per heavy atom.